The van der Waals surface area contributed by atoms with Gasteiger partial charge in [0, 0.05) is 19.1 Å². The smallest absolute Gasteiger partial charge is 0.0861 e. The number of aliphatic hydroxyl groups is 1. The molecule has 1 saturated carbocycles. The van der Waals surface area contributed by atoms with Crippen molar-refractivity contribution in [3.05, 3.63) is 0 Å². The molecule has 1 heterocycles. The van der Waals surface area contributed by atoms with Gasteiger partial charge in [0.05, 0.1) is 17.1 Å². The van der Waals surface area contributed by atoms with E-state index in [1.807, 2.05) is 0 Å². The van der Waals surface area contributed by atoms with Crippen molar-refractivity contribution in [1.82, 2.24) is 4.90 Å². The van der Waals surface area contributed by atoms with Crippen LogP contribution in [0.15, 0.2) is 0 Å². The predicted octanol–water partition coefficient (Wildman–Crippen LogP) is 3.58. The molecule has 1 saturated heterocycles. The van der Waals surface area contributed by atoms with Gasteiger partial charge in [-0.15, -0.1) is 0 Å². The summed E-state index contributed by atoms with van der Waals surface area (Å²) in [5, 5.41) is 21.1. The molecule has 3 heteroatoms. The van der Waals surface area contributed by atoms with Crippen LogP contribution in [0.5, 0.6) is 0 Å². The summed E-state index contributed by atoms with van der Waals surface area (Å²) in [6, 6.07) is 3.09. The molecule has 0 aromatic heterocycles. The Morgan fingerprint density at radius 2 is 1.57 bits per heavy atom. The largest absolute Gasteiger partial charge is 0.388 e. The van der Waals surface area contributed by atoms with E-state index in [1.165, 1.54) is 0 Å². The third-order valence-corrected chi connectivity index (χ3v) is 6.29. The normalized spacial score (nSPS) is 34.1. The first-order chi connectivity index (χ1) is 9.83. The molecule has 2 aliphatic rings. The van der Waals surface area contributed by atoms with Crippen molar-refractivity contribution in [2.45, 2.75) is 77.9 Å². The Morgan fingerprint density at radius 1 is 1.05 bits per heavy atom. The maximum absolute atomic E-state index is 11.2. The molecule has 2 fully saturated rings. The molecule has 0 unspecified atom stereocenters. The van der Waals surface area contributed by atoms with E-state index in [2.05, 4.69) is 38.7 Å². The zero-order valence-electron chi connectivity index (χ0n) is 14.2. The van der Waals surface area contributed by atoms with Gasteiger partial charge >= 0.3 is 0 Å². The summed E-state index contributed by atoms with van der Waals surface area (Å²) in [5.74, 6) is 1.42. The highest BCUT2D eigenvalue weighted by molar-refractivity contribution is 5.14. The van der Waals surface area contributed by atoms with Crippen molar-refractivity contribution in [3.63, 3.8) is 0 Å². The number of hydrogen-bond acceptors (Lipinski definition) is 3. The Kier molecular flexibility index (Phi) is 5.00. The van der Waals surface area contributed by atoms with Crippen LogP contribution >= 0.6 is 0 Å². The average Bonchev–Trinajstić information content (AvgIpc) is 2.47. The van der Waals surface area contributed by atoms with E-state index in [4.69, 9.17) is 0 Å². The SMILES string of the molecule is CC(C)C1CCC(C#N)(C2(O)CCN(C(C)C)CC2)CC1. The lowest BCUT2D eigenvalue weighted by atomic mass is 9.58. The van der Waals surface area contributed by atoms with Crippen LogP contribution in [0.1, 0.15) is 66.2 Å². The van der Waals surface area contributed by atoms with Gasteiger partial charge < -0.3 is 10.0 Å². The molecule has 2 rings (SSSR count). The van der Waals surface area contributed by atoms with E-state index in [9.17, 15) is 10.4 Å². The van der Waals surface area contributed by atoms with Crippen LogP contribution in [0, 0.1) is 28.6 Å². The lowest BCUT2D eigenvalue weighted by Crippen LogP contribution is -2.56. The highest BCUT2D eigenvalue weighted by atomic mass is 16.3. The Hall–Kier alpha value is -0.590. The van der Waals surface area contributed by atoms with Gasteiger partial charge in [0.25, 0.3) is 0 Å². The lowest BCUT2D eigenvalue weighted by Gasteiger charge is -2.51. The van der Waals surface area contributed by atoms with Crippen molar-refractivity contribution in [1.29, 1.82) is 5.26 Å². The van der Waals surface area contributed by atoms with Crippen LogP contribution in [0.2, 0.25) is 0 Å². The first-order valence-corrected chi connectivity index (χ1v) is 8.71. The monoisotopic (exact) mass is 292 g/mol. The molecule has 120 valence electrons. The van der Waals surface area contributed by atoms with Gasteiger partial charge in [0.15, 0.2) is 0 Å². The maximum Gasteiger partial charge on any atom is 0.0861 e. The number of nitrogens with zero attached hydrogens (tertiary/aromatic N) is 2. The van der Waals surface area contributed by atoms with Crippen LogP contribution in [-0.2, 0) is 0 Å². The van der Waals surface area contributed by atoms with E-state index < -0.39 is 11.0 Å². The molecular formula is C18H32N2O. The molecule has 1 aliphatic carbocycles. The molecule has 0 bridgehead atoms. The minimum absolute atomic E-state index is 0.499. The first-order valence-electron chi connectivity index (χ1n) is 8.71. The van der Waals surface area contributed by atoms with Crippen LogP contribution in [0.25, 0.3) is 0 Å². The fourth-order valence-electron chi connectivity index (χ4n) is 4.37. The predicted molar refractivity (Wildman–Crippen MR) is 85.7 cm³/mol. The number of piperidine rings is 1. The van der Waals surface area contributed by atoms with Gasteiger partial charge in [-0.25, -0.2) is 0 Å². The Morgan fingerprint density at radius 3 is 1.95 bits per heavy atom. The minimum atomic E-state index is -0.769. The fraction of sp³-hybridized carbons (Fsp3) is 0.944. The third kappa shape index (κ3) is 3.12. The molecule has 1 aliphatic heterocycles. The number of hydrogen-bond donors (Lipinski definition) is 1. The van der Waals surface area contributed by atoms with E-state index in [0.717, 1.165) is 57.5 Å². The van der Waals surface area contributed by atoms with Crippen molar-refractivity contribution < 1.29 is 5.11 Å². The Bertz CT molecular complexity index is 381. The average molecular weight is 292 g/mol. The van der Waals surface area contributed by atoms with E-state index in [0.29, 0.717) is 12.0 Å². The quantitative estimate of drug-likeness (QED) is 0.865. The van der Waals surface area contributed by atoms with Gasteiger partial charge in [-0.2, -0.15) is 5.26 Å². The van der Waals surface area contributed by atoms with Crippen LogP contribution in [0.4, 0.5) is 0 Å². The van der Waals surface area contributed by atoms with Gasteiger partial charge in [0.1, 0.15) is 0 Å². The van der Waals surface area contributed by atoms with Crippen molar-refractivity contribution >= 4 is 0 Å². The molecule has 0 amide bonds. The molecule has 1 N–H and O–H groups in total. The number of rotatable bonds is 3. The summed E-state index contributed by atoms with van der Waals surface area (Å²) in [6.45, 7) is 10.8. The van der Waals surface area contributed by atoms with Gasteiger partial charge in [-0.1, -0.05) is 13.8 Å². The first kappa shape index (κ1) is 16.8. The van der Waals surface area contributed by atoms with Gasteiger partial charge in [-0.05, 0) is 64.2 Å². The minimum Gasteiger partial charge on any atom is -0.388 e. The lowest BCUT2D eigenvalue weighted by molar-refractivity contribution is -0.118. The van der Waals surface area contributed by atoms with Crippen LogP contribution in [0.3, 0.4) is 0 Å². The van der Waals surface area contributed by atoms with Crippen molar-refractivity contribution in [2.75, 3.05) is 13.1 Å². The summed E-state index contributed by atoms with van der Waals surface area (Å²) in [5.41, 5.74) is -1.27. The molecule has 0 spiro atoms. The van der Waals surface area contributed by atoms with Crippen molar-refractivity contribution in [3.8, 4) is 6.07 Å². The summed E-state index contributed by atoms with van der Waals surface area (Å²) in [4.78, 5) is 2.42. The van der Waals surface area contributed by atoms with Crippen LogP contribution < -0.4 is 0 Å². The molecule has 0 atom stereocenters. The molecule has 0 radical (unpaired) electrons. The summed E-state index contributed by atoms with van der Waals surface area (Å²) >= 11 is 0. The zero-order chi connectivity index (χ0) is 15.7. The highest BCUT2D eigenvalue weighted by Crippen LogP contribution is 2.51. The summed E-state index contributed by atoms with van der Waals surface area (Å²) in [7, 11) is 0. The highest BCUT2D eigenvalue weighted by Gasteiger charge is 2.53. The zero-order valence-corrected chi connectivity index (χ0v) is 14.2. The number of nitriles is 1. The fourth-order valence-corrected chi connectivity index (χ4v) is 4.37. The standard InChI is InChI=1S/C18H32N2O/c1-14(2)16-5-7-17(13-19,8-6-16)18(21)9-11-20(12-10-18)15(3)4/h14-16,21H,5-12H2,1-4H3. The molecular weight excluding hydrogens is 260 g/mol. The topological polar surface area (TPSA) is 47.3 Å². The van der Waals surface area contributed by atoms with Gasteiger partial charge in [-0.3, -0.25) is 0 Å². The second-order valence-corrected chi connectivity index (χ2v) is 7.94. The van der Waals surface area contributed by atoms with Crippen LogP contribution in [-0.4, -0.2) is 34.7 Å². The maximum atomic E-state index is 11.2. The Balaban J connectivity index is 2.06. The molecule has 3 nitrogen and oxygen atoms in total. The third-order valence-electron chi connectivity index (χ3n) is 6.29. The summed E-state index contributed by atoms with van der Waals surface area (Å²) in [6.07, 6.45) is 5.47. The van der Waals surface area contributed by atoms with E-state index in [-0.39, 0.29) is 0 Å². The Labute approximate surface area is 130 Å². The number of likely N-dealkylation sites (tertiary alicyclic amines) is 1. The van der Waals surface area contributed by atoms with E-state index >= 15 is 0 Å². The van der Waals surface area contributed by atoms with Crippen molar-refractivity contribution in [2.24, 2.45) is 17.3 Å². The summed E-state index contributed by atoms with van der Waals surface area (Å²) < 4.78 is 0. The van der Waals surface area contributed by atoms with E-state index in [1.54, 1.807) is 0 Å². The molecule has 21 heavy (non-hydrogen) atoms. The molecule has 0 aromatic rings. The van der Waals surface area contributed by atoms with Gasteiger partial charge in [0.2, 0.25) is 0 Å². The second kappa shape index (κ2) is 6.26. The molecule has 0 aromatic carbocycles. The second-order valence-electron chi connectivity index (χ2n) is 7.94.